The molecule has 0 unspecified atom stereocenters. The predicted molar refractivity (Wildman–Crippen MR) is 112 cm³/mol. The molecule has 2 aliphatic rings. The molecule has 4 nitrogen and oxygen atoms in total. The second-order valence-electron chi connectivity index (χ2n) is 7.54. The zero-order chi connectivity index (χ0) is 19.0. The van der Waals surface area contributed by atoms with Crippen molar-refractivity contribution in [3.05, 3.63) is 42.5 Å². The second kappa shape index (κ2) is 7.49. The Balaban J connectivity index is 1.68. The van der Waals surface area contributed by atoms with Crippen LogP contribution in [0.2, 0.25) is 0 Å². The Morgan fingerprint density at radius 1 is 1.07 bits per heavy atom. The van der Waals surface area contributed by atoms with Gasteiger partial charge in [0.15, 0.2) is 9.84 Å². The quantitative estimate of drug-likeness (QED) is 0.749. The van der Waals surface area contributed by atoms with Gasteiger partial charge in [0, 0.05) is 28.6 Å². The average molecular weight is 403 g/mol. The van der Waals surface area contributed by atoms with Crippen LogP contribution in [0, 0.1) is 0 Å². The lowest BCUT2D eigenvalue weighted by molar-refractivity contribution is 0.178. The Labute approximate surface area is 166 Å². The normalized spacial score (nSPS) is 20.2. The van der Waals surface area contributed by atoms with Gasteiger partial charge in [-0.1, -0.05) is 30.3 Å². The molecule has 0 radical (unpaired) electrons. The summed E-state index contributed by atoms with van der Waals surface area (Å²) in [5.41, 5.74) is 2.19. The number of sulfone groups is 1. The molecule has 1 saturated heterocycles. The number of hydrogen-bond acceptors (Lipinski definition) is 5. The Morgan fingerprint density at radius 2 is 1.85 bits per heavy atom. The number of nitrogens with zero attached hydrogens (tertiary/aromatic N) is 2. The molecule has 0 aliphatic carbocycles. The standard InChI is InChI=1S/C21H26N2O2S2/c1-22-13-6-5-7-16(22)12-14-23-18-8-3-4-9-20(18)26-21-11-10-17(15-19(21)23)27(2,24)25/h3-4,8-11,15-16H,5-7,12-14H2,1-2H3/t16-/m1/s1. The minimum absolute atomic E-state index is 0.390. The molecule has 27 heavy (non-hydrogen) atoms. The fourth-order valence-electron chi connectivity index (χ4n) is 4.07. The SMILES string of the molecule is CN1CCCC[C@@H]1CCN1c2ccccc2Sc2ccc(S(C)(=O)=O)cc21. The van der Waals surface area contributed by atoms with E-state index in [0.29, 0.717) is 10.9 Å². The van der Waals surface area contributed by atoms with Crippen LogP contribution < -0.4 is 4.90 Å². The van der Waals surface area contributed by atoms with Crippen molar-refractivity contribution in [1.82, 2.24) is 4.90 Å². The van der Waals surface area contributed by atoms with Crippen LogP contribution in [-0.4, -0.2) is 45.8 Å². The van der Waals surface area contributed by atoms with E-state index in [1.807, 2.05) is 12.1 Å². The van der Waals surface area contributed by atoms with Crippen molar-refractivity contribution in [2.45, 2.75) is 46.4 Å². The summed E-state index contributed by atoms with van der Waals surface area (Å²) in [6.07, 6.45) is 6.20. The number of para-hydroxylation sites is 1. The average Bonchev–Trinajstić information content (AvgIpc) is 2.65. The number of fused-ring (bicyclic) bond motifs is 2. The molecular formula is C21H26N2O2S2. The van der Waals surface area contributed by atoms with Crippen LogP contribution in [0.4, 0.5) is 11.4 Å². The highest BCUT2D eigenvalue weighted by Crippen LogP contribution is 2.48. The van der Waals surface area contributed by atoms with Gasteiger partial charge in [-0.05, 0) is 63.2 Å². The van der Waals surface area contributed by atoms with E-state index in [1.165, 1.54) is 42.6 Å². The minimum atomic E-state index is -3.23. The summed E-state index contributed by atoms with van der Waals surface area (Å²) in [6.45, 7) is 2.07. The third kappa shape index (κ3) is 3.89. The molecule has 2 aromatic rings. The van der Waals surface area contributed by atoms with Gasteiger partial charge in [-0.15, -0.1) is 0 Å². The van der Waals surface area contributed by atoms with E-state index >= 15 is 0 Å². The summed E-state index contributed by atoms with van der Waals surface area (Å²) < 4.78 is 24.2. The number of piperidine rings is 1. The summed E-state index contributed by atoms with van der Waals surface area (Å²) in [4.78, 5) is 7.54. The van der Waals surface area contributed by atoms with E-state index in [-0.39, 0.29) is 0 Å². The molecular weight excluding hydrogens is 376 g/mol. The first kappa shape index (κ1) is 18.8. The fraction of sp³-hybridized carbons (Fsp3) is 0.429. The van der Waals surface area contributed by atoms with Gasteiger partial charge >= 0.3 is 0 Å². The second-order valence-corrected chi connectivity index (χ2v) is 10.6. The van der Waals surface area contributed by atoms with E-state index < -0.39 is 9.84 Å². The van der Waals surface area contributed by atoms with E-state index in [1.54, 1.807) is 17.8 Å². The predicted octanol–water partition coefficient (Wildman–Crippen LogP) is 4.57. The van der Waals surface area contributed by atoms with Gasteiger partial charge in [-0.2, -0.15) is 0 Å². The first-order valence-corrected chi connectivity index (χ1v) is 12.2. The van der Waals surface area contributed by atoms with Crippen LogP contribution in [0.5, 0.6) is 0 Å². The first-order valence-electron chi connectivity index (χ1n) is 9.52. The molecule has 0 amide bonds. The molecule has 0 bridgehead atoms. The molecule has 0 N–H and O–H groups in total. The van der Waals surface area contributed by atoms with E-state index in [0.717, 1.165) is 23.5 Å². The third-order valence-electron chi connectivity index (χ3n) is 5.63. The van der Waals surface area contributed by atoms with E-state index in [9.17, 15) is 8.42 Å². The molecule has 2 aliphatic heterocycles. The lowest BCUT2D eigenvalue weighted by Gasteiger charge is -2.37. The maximum Gasteiger partial charge on any atom is 0.175 e. The van der Waals surface area contributed by atoms with Crippen LogP contribution in [0.25, 0.3) is 0 Å². The molecule has 144 valence electrons. The van der Waals surface area contributed by atoms with Crippen LogP contribution in [0.3, 0.4) is 0 Å². The molecule has 6 heteroatoms. The smallest absolute Gasteiger partial charge is 0.175 e. The Bertz CT molecular complexity index is 943. The lowest BCUT2D eigenvalue weighted by atomic mass is 9.99. The number of rotatable bonds is 4. The highest BCUT2D eigenvalue weighted by Gasteiger charge is 2.26. The maximum absolute atomic E-state index is 12.1. The summed E-state index contributed by atoms with van der Waals surface area (Å²) in [6, 6.07) is 14.5. The van der Waals surface area contributed by atoms with Crippen molar-refractivity contribution in [2.75, 3.05) is 31.3 Å². The van der Waals surface area contributed by atoms with Gasteiger partial charge in [0.1, 0.15) is 0 Å². The molecule has 0 spiro atoms. The number of benzene rings is 2. The van der Waals surface area contributed by atoms with Gasteiger partial charge < -0.3 is 9.80 Å². The zero-order valence-corrected chi connectivity index (χ0v) is 17.5. The van der Waals surface area contributed by atoms with Gasteiger partial charge in [-0.25, -0.2) is 8.42 Å². The summed E-state index contributed by atoms with van der Waals surface area (Å²) >= 11 is 1.72. The lowest BCUT2D eigenvalue weighted by Crippen LogP contribution is -2.38. The topological polar surface area (TPSA) is 40.6 Å². The van der Waals surface area contributed by atoms with Crippen molar-refractivity contribution < 1.29 is 8.42 Å². The highest BCUT2D eigenvalue weighted by atomic mass is 32.2. The van der Waals surface area contributed by atoms with Crippen LogP contribution in [0.15, 0.2) is 57.2 Å². The molecule has 1 fully saturated rings. The molecule has 0 saturated carbocycles. The van der Waals surface area contributed by atoms with Gasteiger partial charge in [0.2, 0.25) is 0 Å². The molecule has 4 rings (SSSR count). The van der Waals surface area contributed by atoms with E-state index in [2.05, 4.69) is 41.1 Å². The van der Waals surface area contributed by atoms with Gasteiger partial charge in [-0.3, -0.25) is 0 Å². The van der Waals surface area contributed by atoms with Gasteiger partial charge in [0.25, 0.3) is 0 Å². The zero-order valence-electron chi connectivity index (χ0n) is 15.9. The number of anilines is 2. The van der Waals surface area contributed by atoms with Crippen molar-refractivity contribution in [3.63, 3.8) is 0 Å². The summed E-state index contributed by atoms with van der Waals surface area (Å²) in [5, 5.41) is 0. The highest BCUT2D eigenvalue weighted by molar-refractivity contribution is 7.99. The molecule has 1 atom stereocenters. The molecule has 2 aromatic carbocycles. The molecule has 0 aromatic heterocycles. The fourth-order valence-corrected chi connectivity index (χ4v) is 5.78. The summed E-state index contributed by atoms with van der Waals surface area (Å²) in [7, 11) is -1.00. The van der Waals surface area contributed by atoms with Crippen molar-refractivity contribution in [2.24, 2.45) is 0 Å². The Kier molecular flexibility index (Phi) is 5.23. The number of hydrogen-bond donors (Lipinski definition) is 0. The third-order valence-corrected chi connectivity index (χ3v) is 7.87. The monoisotopic (exact) mass is 402 g/mol. The molecule has 2 heterocycles. The Hall–Kier alpha value is -1.50. The largest absolute Gasteiger partial charge is 0.340 e. The van der Waals surface area contributed by atoms with Crippen molar-refractivity contribution in [1.29, 1.82) is 0 Å². The minimum Gasteiger partial charge on any atom is -0.340 e. The van der Waals surface area contributed by atoms with Crippen LogP contribution in [-0.2, 0) is 9.84 Å². The van der Waals surface area contributed by atoms with Crippen LogP contribution in [0.1, 0.15) is 25.7 Å². The maximum atomic E-state index is 12.1. The van der Waals surface area contributed by atoms with Crippen molar-refractivity contribution >= 4 is 33.0 Å². The number of likely N-dealkylation sites (tertiary alicyclic amines) is 1. The van der Waals surface area contributed by atoms with Crippen molar-refractivity contribution in [3.8, 4) is 0 Å². The summed E-state index contributed by atoms with van der Waals surface area (Å²) in [5.74, 6) is 0. The van der Waals surface area contributed by atoms with Gasteiger partial charge in [0.05, 0.1) is 16.3 Å². The Morgan fingerprint density at radius 3 is 2.63 bits per heavy atom. The van der Waals surface area contributed by atoms with E-state index in [4.69, 9.17) is 0 Å². The first-order chi connectivity index (χ1) is 12.9. The van der Waals surface area contributed by atoms with Crippen LogP contribution >= 0.6 is 11.8 Å².